The van der Waals surface area contributed by atoms with Crippen LogP contribution < -0.4 is 10.6 Å². The van der Waals surface area contributed by atoms with E-state index in [1.54, 1.807) is 30.0 Å². The van der Waals surface area contributed by atoms with Crippen LogP contribution in [0, 0.1) is 5.41 Å². The third-order valence-electron chi connectivity index (χ3n) is 2.84. The van der Waals surface area contributed by atoms with Crippen molar-refractivity contribution in [2.75, 3.05) is 12.3 Å². The molecule has 2 N–H and O–H groups in total. The normalized spacial score (nSPS) is 12.8. The summed E-state index contributed by atoms with van der Waals surface area (Å²) in [6.45, 7) is 7.78. The molecule has 0 aromatic carbocycles. The van der Waals surface area contributed by atoms with Gasteiger partial charge >= 0.3 is 0 Å². The number of thioether (sulfide) groups is 1. The van der Waals surface area contributed by atoms with Crippen LogP contribution in [0.1, 0.15) is 32.6 Å². The minimum absolute atomic E-state index is 0.118. The van der Waals surface area contributed by atoms with Gasteiger partial charge in [0.25, 0.3) is 0 Å². The van der Waals surface area contributed by atoms with Gasteiger partial charge in [-0.05, 0) is 35.0 Å². The van der Waals surface area contributed by atoms with Crippen LogP contribution in [0.25, 0.3) is 0 Å². The smallest absolute Gasteiger partial charge is 0.242 e. The second-order valence-corrected chi connectivity index (χ2v) is 9.65. The Bertz CT molecular complexity index is 512. The van der Waals surface area contributed by atoms with Gasteiger partial charge in [-0.3, -0.25) is 9.59 Å². The third kappa shape index (κ3) is 7.15. The van der Waals surface area contributed by atoms with E-state index < -0.39 is 11.5 Å². The summed E-state index contributed by atoms with van der Waals surface area (Å²) in [4.78, 5) is 25.0. The molecule has 1 aromatic heterocycles. The van der Waals surface area contributed by atoms with Gasteiger partial charge in [-0.1, -0.05) is 20.8 Å². The predicted octanol–water partition coefficient (Wildman–Crippen LogP) is 3.41. The van der Waals surface area contributed by atoms with Gasteiger partial charge < -0.3 is 10.6 Å². The van der Waals surface area contributed by atoms with E-state index in [2.05, 4.69) is 32.6 Å². The van der Waals surface area contributed by atoms with E-state index in [1.807, 2.05) is 26.8 Å². The zero-order valence-corrected chi connectivity index (χ0v) is 16.6. The van der Waals surface area contributed by atoms with E-state index >= 15 is 0 Å². The number of rotatable bonds is 7. The molecule has 0 aliphatic heterocycles. The largest absolute Gasteiger partial charge is 0.353 e. The van der Waals surface area contributed by atoms with Gasteiger partial charge in [-0.25, -0.2) is 0 Å². The maximum Gasteiger partial charge on any atom is 0.242 e. The fourth-order valence-corrected chi connectivity index (χ4v) is 3.93. The van der Waals surface area contributed by atoms with Crippen LogP contribution in [-0.2, 0) is 15.3 Å². The van der Waals surface area contributed by atoms with Gasteiger partial charge in [0.1, 0.15) is 6.04 Å². The molecule has 0 fully saturated rings. The second-order valence-electron chi connectivity index (χ2n) is 5.99. The molecule has 1 atom stereocenters. The van der Waals surface area contributed by atoms with Gasteiger partial charge in [-0.2, -0.15) is 11.8 Å². The van der Waals surface area contributed by atoms with Crippen molar-refractivity contribution < 1.29 is 9.59 Å². The van der Waals surface area contributed by atoms with Crippen molar-refractivity contribution in [2.24, 2.45) is 5.41 Å². The van der Waals surface area contributed by atoms with Gasteiger partial charge in [0, 0.05) is 28.3 Å². The molecular formula is C15H23BrN2O2S2. The van der Waals surface area contributed by atoms with Gasteiger partial charge in [-0.15, -0.1) is 11.3 Å². The van der Waals surface area contributed by atoms with Crippen molar-refractivity contribution in [1.29, 1.82) is 0 Å². The number of carbonyl (C=O) groups excluding carboxylic acids is 2. The molecule has 1 rings (SSSR count). The SMILES string of the molecule is CC(NC(=O)C(C)(C)C)C(=O)NCCSCc1ccc(Br)s1. The van der Waals surface area contributed by atoms with E-state index in [0.717, 1.165) is 15.3 Å². The van der Waals surface area contributed by atoms with Gasteiger partial charge in [0.2, 0.25) is 11.8 Å². The molecule has 0 aliphatic rings. The summed E-state index contributed by atoms with van der Waals surface area (Å²) >= 11 is 6.95. The van der Waals surface area contributed by atoms with Crippen LogP contribution in [-0.4, -0.2) is 30.2 Å². The Morgan fingerprint density at radius 3 is 2.59 bits per heavy atom. The zero-order valence-electron chi connectivity index (χ0n) is 13.4. The Kier molecular flexibility index (Phi) is 7.93. The maximum absolute atomic E-state index is 11.9. The molecular weight excluding hydrogens is 384 g/mol. The summed E-state index contributed by atoms with van der Waals surface area (Å²) in [5.74, 6) is 1.54. The van der Waals surface area contributed by atoms with Crippen LogP contribution in [0.2, 0.25) is 0 Å². The average Bonchev–Trinajstić information content (AvgIpc) is 2.82. The highest BCUT2D eigenvalue weighted by Gasteiger charge is 2.24. The van der Waals surface area contributed by atoms with Crippen LogP contribution in [0.3, 0.4) is 0 Å². The topological polar surface area (TPSA) is 58.2 Å². The van der Waals surface area contributed by atoms with Crippen molar-refractivity contribution in [3.8, 4) is 0 Å². The molecule has 124 valence electrons. The lowest BCUT2D eigenvalue weighted by Crippen LogP contribution is -2.48. The molecule has 4 nitrogen and oxygen atoms in total. The van der Waals surface area contributed by atoms with Crippen LogP contribution >= 0.6 is 39.0 Å². The van der Waals surface area contributed by atoms with E-state index in [-0.39, 0.29) is 11.8 Å². The van der Waals surface area contributed by atoms with Gasteiger partial charge in [0.15, 0.2) is 0 Å². The summed E-state index contributed by atoms with van der Waals surface area (Å²) in [5.41, 5.74) is -0.487. The molecule has 0 bridgehead atoms. The van der Waals surface area contributed by atoms with E-state index in [4.69, 9.17) is 0 Å². The summed E-state index contributed by atoms with van der Waals surface area (Å²) in [6.07, 6.45) is 0. The monoisotopic (exact) mass is 406 g/mol. The second kappa shape index (κ2) is 8.93. The molecule has 0 saturated heterocycles. The lowest BCUT2D eigenvalue weighted by molar-refractivity contribution is -0.133. The highest BCUT2D eigenvalue weighted by Crippen LogP contribution is 2.25. The van der Waals surface area contributed by atoms with Crippen LogP contribution in [0.4, 0.5) is 0 Å². The minimum atomic E-state index is -0.509. The number of nitrogens with one attached hydrogen (secondary N) is 2. The molecule has 0 aliphatic carbocycles. The molecule has 22 heavy (non-hydrogen) atoms. The molecule has 1 heterocycles. The van der Waals surface area contributed by atoms with Gasteiger partial charge in [0.05, 0.1) is 3.79 Å². The van der Waals surface area contributed by atoms with Crippen molar-refractivity contribution in [1.82, 2.24) is 10.6 Å². The molecule has 1 unspecified atom stereocenters. The summed E-state index contributed by atoms with van der Waals surface area (Å²) in [5, 5.41) is 5.58. The van der Waals surface area contributed by atoms with Crippen molar-refractivity contribution in [2.45, 2.75) is 39.5 Å². The fraction of sp³-hybridized carbons (Fsp3) is 0.600. The lowest BCUT2D eigenvalue weighted by atomic mass is 9.95. The Hall–Kier alpha value is -0.530. The maximum atomic E-state index is 11.9. The number of amides is 2. The molecule has 1 aromatic rings. The Morgan fingerprint density at radius 2 is 2.05 bits per heavy atom. The first-order chi connectivity index (χ1) is 10.2. The highest BCUT2D eigenvalue weighted by molar-refractivity contribution is 9.11. The molecule has 7 heteroatoms. The van der Waals surface area contributed by atoms with E-state index in [9.17, 15) is 9.59 Å². The van der Waals surface area contributed by atoms with Crippen molar-refractivity contribution in [3.63, 3.8) is 0 Å². The predicted molar refractivity (Wildman–Crippen MR) is 98.3 cm³/mol. The first-order valence-electron chi connectivity index (χ1n) is 7.11. The highest BCUT2D eigenvalue weighted by atomic mass is 79.9. The first kappa shape index (κ1) is 19.5. The minimum Gasteiger partial charge on any atom is -0.353 e. The summed E-state index contributed by atoms with van der Waals surface area (Å²) < 4.78 is 1.14. The molecule has 2 amide bonds. The van der Waals surface area contributed by atoms with E-state index in [1.165, 1.54) is 4.88 Å². The quantitative estimate of drug-likeness (QED) is 0.681. The summed E-state index contributed by atoms with van der Waals surface area (Å²) in [6, 6.07) is 3.64. The third-order valence-corrected chi connectivity index (χ3v) is 5.66. The standard InChI is InChI=1S/C15H23BrN2O2S2/c1-10(18-14(20)15(2,3)4)13(19)17-7-8-21-9-11-5-6-12(16)22-11/h5-6,10H,7-9H2,1-4H3,(H,17,19)(H,18,20). The fourth-order valence-electron chi connectivity index (χ4n) is 1.48. The van der Waals surface area contributed by atoms with Crippen molar-refractivity contribution >= 4 is 50.8 Å². The molecule has 0 spiro atoms. The summed E-state index contributed by atoms with van der Waals surface area (Å²) in [7, 11) is 0. The number of hydrogen-bond donors (Lipinski definition) is 2. The first-order valence-corrected chi connectivity index (χ1v) is 9.87. The van der Waals surface area contributed by atoms with Crippen molar-refractivity contribution in [3.05, 3.63) is 20.8 Å². The number of hydrogen-bond acceptors (Lipinski definition) is 4. The average molecular weight is 407 g/mol. The van der Waals surface area contributed by atoms with Crippen LogP contribution in [0.5, 0.6) is 0 Å². The van der Waals surface area contributed by atoms with E-state index in [0.29, 0.717) is 6.54 Å². The zero-order chi connectivity index (χ0) is 16.8. The lowest BCUT2D eigenvalue weighted by Gasteiger charge is -2.21. The Balaban J connectivity index is 2.18. The number of carbonyl (C=O) groups is 2. The number of thiophene rings is 1. The number of halogens is 1. The Morgan fingerprint density at radius 1 is 1.36 bits per heavy atom. The van der Waals surface area contributed by atoms with Crippen LogP contribution in [0.15, 0.2) is 15.9 Å². The molecule has 0 saturated carbocycles. The molecule has 0 radical (unpaired) electrons. The Labute approximate surface area is 148 Å².